The highest BCUT2D eigenvalue weighted by Crippen LogP contribution is 2.30. The maximum absolute atomic E-state index is 12.5. The monoisotopic (exact) mass is 320 g/mol. The van der Waals surface area contributed by atoms with Gasteiger partial charge >= 0.3 is 0 Å². The van der Waals surface area contributed by atoms with Gasteiger partial charge in [0.2, 0.25) is 0 Å². The van der Waals surface area contributed by atoms with E-state index in [4.69, 9.17) is 0 Å². The summed E-state index contributed by atoms with van der Waals surface area (Å²) in [5.41, 5.74) is 0.768. The van der Waals surface area contributed by atoms with Crippen LogP contribution in [0.4, 0.5) is 0 Å². The summed E-state index contributed by atoms with van der Waals surface area (Å²) in [4.78, 5) is 18.5. The van der Waals surface area contributed by atoms with Gasteiger partial charge in [-0.1, -0.05) is 12.1 Å². The van der Waals surface area contributed by atoms with Crippen molar-refractivity contribution in [3.63, 3.8) is 0 Å². The number of carbonyl (C=O) groups is 1. The third-order valence-corrected chi connectivity index (χ3v) is 5.43. The molecule has 1 fully saturated rings. The number of likely N-dealkylation sites (tertiary alicyclic amines) is 1. The molecule has 1 aromatic heterocycles. The van der Waals surface area contributed by atoms with E-state index in [0.717, 1.165) is 23.1 Å². The molecule has 1 aliphatic rings. The molecular formula is C16H20N2O3S. The van der Waals surface area contributed by atoms with Crippen LogP contribution in [-0.4, -0.2) is 44.2 Å². The molecule has 1 aromatic carbocycles. The number of aliphatic hydroxyl groups excluding tert-OH is 2. The van der Waals surface area contributed by atoms with E-state index < -0.39 is 18.1 Å². The van der Waals surface area contributed by atoms with Gasteiger partial charge in [-0.25, -0.2) is 4.98 Å². The van der Waals surface area contributed by atoms with Crippen molar-refractivity contribution in [2.24, 2.45) is 0 Å². The quantitative estimate of drug-likeness (QED) is 0.908. The van der Waals surface area contributed by atoms with E-state index in [0.29, 0.717) is 5.01 Å². The average Bonchev–Trinajstić information content (AvgIpc) is 3.08. The van der Waals surface area contributed by atoms with Gasteiger partial charge in [-0.3, -0.25) is 4.79 Å². The van der Waals surface area contributed by atoms with Crippen LogP contribution in [0.3, 0.4) is 0 Å². The van der Waals surface area contributed by atoms with Crippen molar-refractivity contribution in [3.05, 3.63) is 29.3 Å². The zero-order valence-electron chi connectivity index (χ0n) is 12.6. The van der Waals surface area contributed by atoms with Crippen molar-refractivity contribution in [1.82, 2.24) is 9.88 Å². The molecule has 1 aliphatic heterocycles. The second kappa shape index (κ2) is 5.95. The molecule has 6 heteroatoms. The molecule has 0 spiro atoms. The maximum atomic E-state index is 12.5. The third-order valence-electron chi connectivity index (χ3n) is 4.32. The standard InChI is InChI=1S/C16H20N2O3S/c1-9-7-8-10(2)18(9)16(21)14(20)13(19)15-17-11-5-3-4-6-12(11)22-15/h3-6,9-10,13-14,19-20H,7-8H2,1-2H3. The number of hydrogen-bond donors (Lipinski definition) is 2. The minimum atomic E-state index is -1.47. The number of aromatic nitrogens is 1. The number of thiazole rings is 1. The summed E-state index contributed by atoms with van der Waals surface area (Å²) in [7, 11) is 0. The molecular weight excluding hydrogens is 300 g/mol. The Hall–Kier alpha value is -1.50. The highest BCUT2D eigenvalue weighted by Gasteiger charge is 2.38. The van der Waals surface area contributed by atoms with E-state index in [-0.39, 0.29) is 12.1 Å². The van der Waals surface area contributed by atoms with Gasteiger partial charge in [0.05, 0.1) is 10.2 Å². The number of fused-ring (bicyclic) bond motifs is 1. The van der Waals surface area contributed by atoms with Crippen molar-refractivity contribution < 1.29 is 15.0 Å². The van der Waals surface area contributed by atoms with Gasteiger partial charge in [-0.05, 0) is 38.8 Å². The summed E-state index contributed by atoms with van der Waals surface area (Å²) < 4.78 is 0.930. The molecule has 0 radical (unpaired) electrons. The lowest BCUT2D eigenvalue weighted by molar-refractivity contribution is -0.148. The first kappa shape index (κ1) is 15.4. The molecule has 0 aliphatic carbocycles. The highest BCUT2D eigenvalue weighted by atomic mass is 32.1. The number of aliphatic hydroxyl groups is 2. The third kappa shape index (κ3) is 2.62. The smallest absolute Gasteiger partial charge is 0.255 e. The molecule has 118 valence electrons. The van der Waals surface area contributed by atoms with Gasteiger partial charge in [-0.2, -0.15) is 0 Å². The van der Waals surface area contributed by atoms with E-state index in [1.165, 1.54) is 11.3 Å². The van der Waals surface area contributed by atoms with Crippen LogP contribution in [0.2, 0.25) is 0 Å². The fourth-order valence-electron chi connectivity index (χ4n) is 3.07. The average molecular weight is 320 g/mol. The first-order valence-corrected chi connectivity index (χ1v) is 8.34. The molecule has 5 nitrogen and oxygen atoms in total. The van der Waals surface area contributed by atoms with Gasteiger partial charge in [-0.15, -0.1) is 11.3 Å². The Bertz CT molecular complexity index is 644. The largest absolute Gasteiger partial charge is 0.383 e. The Morgan fingerprint density at radius 3 is 2.55 bits per heavy atom. The molecule has 2 N–H and O–H groups in total. The minimum absolute atomic E-state index is 0.0970. The first-order chi connectivity index (χ1) is 10.5. The van der Waals surface area contributed by atoms with E-state index in [9.17, 15) is 15.0 Å². The van der Waals surface area contributed by atoms with Crippen molar-refractivity contribution >= 4 is 27.5 Å². The second-order valence-electron chi connectivity index (χ2n) is 5.93. The van der Waals surface area contributed by atoms with Crippen LogP contribution in [0, 0.1) is 0 Å². The van der Waals surface area contributed by atoms with Gasteiger partial charge in [0.15, 0.2) is 6.10 Å². The lowest BCUT2D eigenvalue weighted by Gasteiger charge is -2.29. The van der Waals surface area contributed by atoms with E-state index in [2.05, 4.69) is 4.98 Å². The molecule has 1 amide bonds. The van der Waals surface area contributed by atoms with Gasteiger partial charge in [0, 0.05) is 12.1 Å². The molecule has 4 unspecified atom stereocenters. The zero-order valence-corrected chi connectivity index (χ0v) is 13.5. The fourth-order valence-corrected chi connectivity index (χ4v) is 4.05. The number of carbonyl (C=O) groups excluding carboxylic acids is 1. The maximum Gasteiger partial charge on any atom is 0.255 e. The van der Waals surface area contributed by atoms with E-state index >= 15 is 0 Å². The van der Waals surface area contributed by atoms with Crippen LogP contribution >= 0.6 is 11.3 Å². The second-order valence-corrected chi connectivity index (χ2v) is 6.99. The van der Waals surface area contributed by atoms with Crippen molar-refractivity contribution in [2.75, 3.05) is 0 Å². The van der Waals surface area contributed by atoms with Crippen molar-refractivity contribution in [3.8, 4) is 0 Å². The lowest BCUT2D eigenvalue weighted by atomic mass is 10.1. The number of nitrogens with zero attached hydrogens (tertiary/aromatic N) is 2. The summed E-state index contributed by atoms with van der Waals surface area (Å²) in [5.74, 6) is -0.413. The summed E-state index contributed by atoms with van der Waals surface area (Å²) in [6.45, 7) is 3.94. The Morgan fingerprint density at radius 1 is 1.27 bits per heavy atom. The van der Waals surface area contributed by atoms with Gasteiger partial charge in [0.1, 0.15) is 11.1 Å². The van der Waals surface area contributed by atoms with Crippen LogP contribution in [0.25, 0.3) is 10.2 Å². The zero-order chi connectivity index (χ0) is 15.9. The van der Waals surface area contributed by atoms with Crippen molar-refractivity contribution in [1.29, 1.82) is 0 Å². The van der Waals surface area contributed by atoms with E-state index in [1.807, 2.05) is 38.1 Å². The van der Waals surface area contributed by atoms with Crippen LogP contribution in [0.1, 0.15) is 37.8 Å². The Kier molecular flexibility index (Phi) is 4.16. The normalized spacial score (nSPS) is 24.6. The highest BCUT2D eigenvalue weighted by molar-refractivity contribution is 7.18. The van der Waals surface area contributed by atoms with Crippen molar-refractivity contribution in [2.45, 2.75) is 51.0 Å². The number of para-hydroxylation sites is 1. The molecule has 0 bridgehead atoms. The predicted octanol–water partition coefficient (Wildman–Crippen LogP) is 2.09. The Morgan fingerprint density at radius 2 is 1.91 bits per heavy atom. The summed E-state index contributed by atoms with van der Waals surface area (Å²) in [5, 5.41) is 21.0. The lowest BCUT2D eigenvalue weighted by Crippen LogP contribution is -2.46. The predicted molar refractivity (Wildman–Crippen MR) is 85.6 cm³/mol. The SMILES string of the molecule is CC1CCC(C)N1C(=O)C(O)C(O)c1nc2ccccc2s1. The Balaban J connectivity index is 1.81. The number of amides is 1. The van der Waals surface area contributed by atoms with Crippen LogP contribution in [0.15, 0.2) is 24.3 Å². The Labute approximate surface area is 133 Å². The molecule has 0 saturated carbocycles. The first-order valence-electron chi connectivity index (χ1n) is 7.53. The number of benzene rings is 1. The molecule has 4 atom stereocenters. The fraction of sp³-hybridized carbons (Fsp3) is 0.500. The summed E-state index contributed by atoms with van der Waals surface area (Å²) >= 11 is 1.30. The van der Waals surface area contributed by atoms with Gasteiger partial charge < -0.3 is 15.1 Å². The molecule has 2 aromatic rings. The number of rotatable bonds is 3. The summed E-state index contributed by atoms with van der Waals surface area (Å²) in [6.07, 6.45) is -0.901. The van der Waals surface area contributed by atoms with Crippen LogP contribution in [0.5, 0.6) is 0 Å². The molecule has 1 saturated heterocycles. The number of hydrogen-bond acceptors (Lipinski definition) is 5. The summed E-state index contributed by atoms with van der Waals surface area (Å²) in [6, 6.07) is 7.71. The molecule has 22 heavy (non-hydrogen) atoms. The molecule has 3 rings (SSSR count). The van der Waals surface area contributed by atoms with Gasteiger partial charge in [0.25, 0.3) is 5.91 Å². The van der Waals surface area contributed by atoms with E-state index in [1.54, 1.807) is 4.90 Å². The topological polar surface area (TPSA) is 73.7 Å². The minimum Gasteiger partial charge on any atom is -0.383 e. The molecule has 2 heterocycles. The van der Waals surface area contributed by atoms with Crippen LogP contribution in [-0.2, 0) is 4.79 Å². The van der Waals surface area contributed by atoms with Crippen LogP contribution < -0.4 is 0 Å².